The van der Waals surface area contributed by atoms with Crippen LogP contribution in [0.3, 0.4) is 0 Å². The molecule has 0 radical (unpaired) electrons. The molecule has 1 rings (SSSR count). The van der Waals surface area contributed by atoms with E-state index in [0.717, 1.165) is 0 Å². The van der Waals surface area contributed by atoms with Gasteiger partial charge in [-0.2, -0.15) is 0 Å². The van der Waals surface area contributed by atoms with Crippen LogP contribution < -0.4 is 0 Å². The fraction of sp³-hybridized carbons (Fsp3) is 0.200. The van der Waals surface area contributed by atoms with Crippen LogP contribution in [-0.2, 0) is 4.79 Å². The zero-order valence-electron chi connectivity index (χ0n) is 4.04. The first-order valence-electron chi connectivity index (χ1n) is 2.18. The first-order valence-corrected chi connectivity index (χ1v) is 2.62. The predicted octanol–water partition coefficient (Wildman–Crippen LogP) is 0.761. The number of halogens is 1. The van der Waals surface area contributed by atoms with Crippen LogP contribution in [0.5, 0.6) is 0 Å². The molecular weight excluding hydrogens is 126 g/mol. The van der Waals surface area contributed by atoms with Crippen molar-refractivity contribution in [2.45, 2.75) is 5.38 Å². The second kappa shape index (κ2) is 2.09. The van der Waals surface area contributed by atoms with Crippen molar-refractivity contribution in [3.05, 3.63) is 12.3 Å². The summed E-state index contributed by atoms with van der Waals surface area (Å²) in [6.45, 7) is 0. The second-order valence-electron chi connectivity index (χ2n) is 1.42. The molecule has 1 aliphatic rings. The lowest BCUT2D eigenvalue weighted by Crippen LogP contribution is -2.14. The van der Waals surface area contributed by atoms with Gasteiger partial charge in [0.25, 0.3) is 0 Å². The Labute approximate surface area is 51.9 Å². The topological polar surface area (TPSA) is 29.4 Å². The maximum absolute atomic E-state index is 10.5. The van der Waals surface area contributed by atoms with Crippen molar-refractivity contribution in [2.75, 3.05) is 0 Å². The summed E-state index contributed by atoms with van der Waals surface area (Å²) in [4.78, 5) is 14.0. The number of allylic oxidation sites excluding steroid dienone is 1. The van der Waals surface area contributed by atoms with Gasteiger partial charge in [-0.3, -0.25) is 9.79 Å². The fourth-order valence-electron chi connectivity index (χ4n) is 0.408. The summed E-state index contributed by atoms with van der Waals surface area (Å²) in [6.07, 6.45) is 4.28. The summed E-state index contributed by atoms with van der Waals surface area (Å²) in [5.41, 5.74) is 0. The minimum absolute atomic E-state index is 0.144. The molecule has 0 N–H and O–H groups in total. The van der Waals surface area contributed by atoms with Crippen LogP contribution in [0.2, 0.25) is 0 Å². The highest BCUT2D eigenvalue weighted by Gasteiger charge is 2.10. The van der Waals surface area contributed by atoms with E-state index in [-0.39, 0.29) is 5.78 Å². The highest BCUT2D eigenvalue weighted by Crippen LogP contribution is 2.01. The maximum atomic E-state index is 10.5. The van der Waals surface area contributed by atoms with Gasteiger partial charge >= 0.3 is 0 Å². The molecule has 0 saturated carbocycles. The third kappa shape index (κ3) is 0.954. The molecule has 0 aromatic rings. The van der Waals surface area contributed by atoms with Crippen molar-refractivity contribution in [2.24, 2.45) is 4.99 Å². The van der Waals surface area contributed by atoms with Crippen LogP contribution in [0.1, 0.15) is 0 Å². The van der Waals surface area contributed by atoms with E-state index in [2.05, 4.69) is 4.99 Å². The first-order chi connectivity index (χ1) is 3.80. The third-order valence-electron chi connectivity index (χ3n) is 0.815. The van der Waals surface area contributed by atoms with Crippen molar-refractivity contribution in [1.29, 1.82) is 0 Å². The largest absolute Gasteiger partial charge is 0.291 e. The van der Waals surface area contributed by atoms with Gasteiger partial charge in [0.15, 0.2) is 5.78 Å². The number of rotatable bonds is 0. The molecule has 1 unspecified atom stereocenters. The summed E-state index contributed by atoms with van der Waals surface area (Å²) >= 11 is 5.44. The predicted molar refractivity (Wildman–Crippen MR) is 32.3 cm³/mol. The number of nitrogens with zero attached hydrogens (tertiary/aromatic N) is 1. The Morgan fingerprint density at radius 1 is 1.75 bits per heavy atom. The van der Waals surface area contributed by atoms with Gasteiger partial charge in [-0.15, -0.1) is 11.6 Å². The summed E-state index contributed by atoms with van der Waals surface area (Å²) in [5.74, 6) is -0.144. The molecule has 3 heteroatoms. The fourth-order valence-corrected chi connectivity index (χ4v) is 0.529. The van der Waals surface area contributed by atoms with Gasteiger partial charge in [0.1, 0.15) is 5.38 Å². The summed E-state index contributed by atoms with van der Waals surface area (Å²) in [6, 6.07) is 0. The Morgan fingerprint density at radius 3 is 2.88 bits per heavy atom. The minimum Gasteiger partial charge on any atom is -0.291 e. The first kappa shape index (κ1) is 5.51. The lowest BCUT2D eigenvalue weighted by Gasteiger charge is -1.98. The van der Waals surface area contributed by atoms with Crippen LogP contribution in [-0.4, -0.2) is 17.4 Å². The highest BCUT2D eigenvalue weighted by molar-refractivity contribution is 6.46. The Bertz CT molecular complexity index is 162. The van der Waals surface area contributed by atoms with Gasteiger partial charge in [-0.25, -0.2) is 0 Å². The molecule has 0 aromatic carbocycles. The lowest BCUT2D eigenvalue weighted by atomic mass is 10.2. The molecule has 0 spiro atoms. The standard InChI is InChI=1S/C5H4ClNO/c6-4-1-2-7-3-5(4)8/h1-4H. The number of ketones is 1. The number of carbonyl (C=O) groups is 1. The number of Topliss-reactive ketones (excluding diaryl/α,β-unsaturated/α-hetero) is 1. The molecule has 1 heterocycles. The molecule has 2 nitrogen and oxygen atoms in total. The molecular formula is C5H4ClNO. The van der Waals surface area contributed by atoms with E-state index in [4.69, 9.17) is 11.6 Å². The number of hydrogen-bond donors (Lipinski definition) is 0. The van der Waals surface area contributed by atoms with Crippen molar-refractivity contribution in [3.63, 3.8) is 0 Å². The normalized spacial score (nSPS) is 26.6. The zero-order chi connectivity index (χ0) is 5.98. The molecule has 0 saturated heterocycles. The van der Waals surface area contributed by atoms with Crippen LogP contribution in [0.25, 0.3) is 0 Å². The molecule has 0 aromatic heterocycles. The van der Waals surface area contributed by atoms with Crippen molar-refractivity contribution >= 4 is 23.6 Å². The Hall–Kier alpha value is -0.630. The van der Waals surface area contributed by atoms with E-state index in [1.54, 1.807) is 6.08 Å². The van der Waals surface area contributed by atoms with E-state index in [1.807, 2.05) is 0 Å². The number of hydrogen-bond acceptors (Lipinski definition) is 2. The van der Waals surface area contributed by atoms with Gasteiger partial charge in [-0.1, -0.05) is 0 Å². The van der Waals surface area contributed by atoms with Gasteiger partial charge in [0.2, 0.25) is 0 Å². The highest BCUT2D eigenvalue weighted by atomic mass is 35.5. The van der Waals surface area contributed by atoms with Gasteiger partial charge < -0.3 is 0 Å². The van der Waals surface area contributed by atoms with Gasteiger partial charge in [-0.05, 0) is 6.08 Å². The number of alkyl halides is 1. The summed E-state index contributed by atoms with van der Waals surface area (Å²) in [7, 11) is 0. The molecule has 8 heavy (non-hydrogen) atoms. The molecule has 42 valence electrons. The quantitative estimate of drug-likeness (QED) is 0.444. The summed E-state index contributed by atoms with van der Waals surface area (Å²) in [5, 5.41) is -0.493. The molecule has 0 amide bonds. The number of carbonyl (C=O) groups excluding carboxylic acids is 1. The van der Waals surface area contributed by atoms with E-state index in [1.165, 1.54) is 12.4 Å². The second-order valence-corrected chi connectivity index (χ2v) is 1.89. The van der Waals surface area contributed by atoms with Crippen LogP contribution in [0, 0.1) is 0 Å². The molecule has 0 bridgehead atoms. The Morgan fingerprint density at radius 2 is 2.50 bits per heavy atom. The monoisotopic (exact) mass is 129 g/mol. The summed E-state index contributed by atoms with van der Waals surface area (Å²) < 4.78 is 0. The molecule has 0 fully saturated rings. The average molecular weight is 130 g/mol. The smallest absolute Gasteiger partial charge is 0.195 e. The van der Waals surface area contributed by atoms with E-state index in [9.17, 15) is 4.79 Å². The van der Waals surface area contributed by atoms with Crippen LogP contribution in [0.4, 0.5) is 0 Å². The molecule has 0 aliphatic carbocycles. The van der Waals surface area contributed by atoms with Crippen LogP contribution in [0.15, 0.2) is 17.3 Å². The number of aliphatic imine (C=N–C) groups is 1. The minimum atomic E-state index is -0.493. The molecule has 1 aliphatic heterocycles. The van der Waals surface area contributed by atoms with E-state index in [0.29, 0.717) is 0 Å². The zero-order valence-corrected chi connectivity index (χ0v) is 4.80. The molecule has 1 atom stereocenters. The van der Waals surface area contributed by atoms with E-state index < -0.39 is 5.38 Å². The van der Waals surface area contributed by atoms with Gasteiger partial charge in [0.05, 0.1) is 6.21 Å². The Kier molecular flexibility index (Phi) is 1.44. The van der Waals surface area contributed by atoms with Crippen LogP contribution >= 0.6 is 11.6 Å². The van der Waals surface area contributed by atoms with Gasteiger partial charge in [0, 0.05) is 6.20 Å². The van der Waals surface area contributed by atoms with Crippen molar-refractivity contribution in [1.82, 2.24) is 0 Å². The SMILES string of the molecule is O=C1C=NC=CC1Cl. The van der Waals surface area contributed by atoms with Crippen molar-refractivity contribution in [3.8, 4) is 0 Å². The third-order valence-corrected chi connectivity index (χ3v) is 1.18. The maximum Gasteiger partial charge on any atom is 0.195 e. The van der Waals surface area contributed by atoms with Crippen molar-refractivity contribution < 1.29 is 4.79 Å². The lowest BCUT2D eigenvalue weighted by molar-refractivity contribution is -0.111. The Balaban J connectivity index is 2.74. The van der Waals surface area contributed by atoms with E-state index >= 15 is 0 Å². The average Bonchev–Trinajstić information content (AvgIpc) is 1.77.